The first kappa shape index (κ1) is 14.4. The van der Waals surface area contributed by atoms with E-state index in [9.17, 15) is 15.2 Å². The highest BCUT2D eigenvalue weighted by Gasteiger charge is 2.33. The maximum Gasteiger partial charge on any atom is 0.329 e. The van der Waals surface area contributed by atoms with Crippen LogP contribution < -0.4 is 10.6 Å². The fourth-order valence-electron chi connectivity index (χ4n) is 2.22. The number of aliphatic hydroxyl groups is 1. The lowest BCUT2D eigenvalue weighted by Gasteiger charge is -2.35. The van der Waals surface area contributed by atoms with Crippen LogP contribution in [0.3, 0.4) is 0 Å². The number of ether oxygens (including phenoxy) is 1. The predicted octanol–water partition coefficient (Wildman–Crippen LogP) is -0.0553. The standard InChI is InChI=1S/C11H17N5O4/c1-15(7-11(17)2-4-20-5-3-11)9-8(16(18)19)6-13-10(12)14-9/h6,17H,2-5,7H2,1H3,(H2,12,13,14). The van der Waals surface area contributed by atoms with E-state index in [4.69, 9.17) is 10.5 Å². The average molecular weight is 283 g/mol. The maximum atomic E-state index is 11.0. The molecule has 1 saturated heterocycles. The molecule has 110 valence electrons. The first-order valence-electron chi connectivity index (χ1n) is 6.19. The van der Waals surface area contributed by atoms with Crippen molar-refractivity contribution in [1.29, 1.82) is 0 Å². The van der Waals surface area contributed by atoms with E-state index in [1.807, 2.05) is 0 Å². The van der Waals surface area contributed by atoms with Crippen LogP contribution in [0.15, 0.2) is 6.20 Å². The molecule has 1 fully saturated rings. The molecule has 3 N–H and O–H groups in total. The third-order valence-electron chi connectivity index (χ3n) is 3.28. The highest BCUT2D eigenvalue weighted by atomic mass is 16.6. The Hall–Kier alpha value is -2.00. The second-order valence-electron chi connectivity index (χ2n) is 4.89. The number of nitrogens with two attached hydrogens (primary N) is 1. The summed E-state index contributed by atoms with van der Waals surface area (Å²) in [5.74, 6) is 0.0545. The van der Waals surface area contributed by atoms with E-state index in [-0.39, 0.29) is 24.0 Å². The van der Waals surface area contributed by atoms with E-state index in [2.05, 4.69) is 9.97 Å². The Morgan fingerprint density at radius 3 is 2.85 bits per heavy atom. The van der Waals surface area contributed by atoms with Crippen LogP contribution in [0.4, 0.5) is 17.5 Å². The number of hydrogen-bond donors (Lipinski definition) is 2. The zero-order chi connectivity index (χ0) is 14.8. The third-order valence-corrected chi connectivity index (χ3v) is 3.28. The Bertz CT molecular complexity index is 504. The quantitative estimate of drug-likeness (QED) is 0.581. The van der Waals surface area contributed by atoms with E-state index in [0.717, 1.165) is 6.20 Å². The summed E-state index contributed by atoms with van der Waals surface area (Å²) in [4.78, 5) is 19.5. The van der Waals surface area contributed by atoms with Gasteiger partial charge >= 0.3 is 5.69 Å². The minimum absolute atomic E-state index is 0.0450. The SMILES string of the molecule is CN(CC1(O)CCOCC1)c1nc(N)ncc1[N+](=O)[O-]. The summed E-state index contributed by atoms with van der Waals surface area (Å²) in [5, 5.41) is 21.4. The predicted molar refractivity (Wildman–Crippen MR) is 71.4 cm³/mol. The minimum atomic E-state index is -0.944. The molecule has 0 aliphatic carbocycles. The van der Waals surface area contributed by atoms with Crippen LogP contribution in [0, 0.1) is 10.1 Å². The van der Waals surface area contributed by atoms with Crippen LogP contribution in [0.5, 0.6) is 0 Å². The van der Waals surface area contributed by atoms with Crippen LogP contribution >= 0.6 is 0 Å². The highest BCUT2D eigenvalue weighted by Crippen LogP contribution is 2.28. The zero-order valence-electron chi connectivity index (χ0n) is 11.2. The Kier molecular flexibility index (Phi) is 4.00. The Morgan fingerprint density at radius 2 is 2.25 bits per heavy atom. The summed E-state index contributed by atoms with van der Waals surface area (Å²) in [5.41, 5.74) is 4.30. The minimum Gasteiger partial charge on any atom is -0.388 e. The van der Waals surface area contributed by atoms with Crippen LogP contribution in [-0.2, 0) is 4.74 Å². The molecule has 0 amide bonds. The molecule has 1 aliphatic rings. The molecular weight excluding hydrogens is 266 g/mol. The van der Waals surface area contributed by atoms with Gasteiger partial charge in [0.05, 0.1) is 10.5 Å². The Balaban J connectivity index is 2.21. The lowest BCUT2D eigenvalue weighted by Crippen LogP contribution is -2.46. The highest BCUT2D eigenvalue weighted by molar-refractivity contribution is 5.58. The second-order valence-corrected chi connectivity index (χ2v) is 4.89. The van der Waals surface area contributed by atoms with Crippen LogP contribution in [-0.4, -0.2) is 52.4 Å². The summed E-state index contributed by atoms with van der Waals surface area (Å²) in [6, 6.07) is 0. The fourth-order valence-corrected chi connectivity index (χ4v) is 2.22. The molecular formula is C11H17N5O4. The molecule has 9 heteroatoms. The number of nitrogens with zero attached hydrogens (tertiary/aromatic N) is 4. The molecule has 1 aromatic rings. The number of rotatable bonds is 4. The summed E-state index contributed by atoms with van der Waals surface area (Å²) < 4.78 is 5.20. The number of nitrogen functional groups attached to an aromatic ring is 1. The van der Waals surface area contributed by atoms with Crippen molar-refractivity contribution in [2.45, 2.75) is 18.4 Å². The average Bonchev–Trinajstić information content (AvgIpc) is 2.38. The lowest BCUT2D eigenvalue weighted by atomic mass is 9.94. The molecule has 0 atom stereocenters. The van der Waals surface area contributed by atoms with Crippen molar-refractivity contribution in [3.05, 3.63) is 16.3 Å². The summed E-state index contributed by atoms with van der Waals surface area (Å²) >= 11 is 0. The number of anilines is 2. The van der Waals surface area contributed by atoms with Crippen molar-refractivity contribution in [2.75, 3.05) is 37.4 Å². The molecule has 0 spiro atoms. The van der Waals surface area contributed by atoms with Gasteiger partial charge in [-0.05, 0) is 0 Å². The molecule has 0 unspecified atom stereocenters. The van der Waals surface area contributed by atoms with Gasteiger partial charge in [0.2, 0.25) is 11.8 Å². The molecule has 0 radical (unpaired) electrons. The maximum absolute atomic E-state index is 11.0. The van der Waals surface area contributed by atoms with Gasteiger partial charge in [0.1, 0.15) is 6.20 Å². The van der Waals surface area contributed by atoms with E-state index >= 15 is 0 Å². The van der Waals surface area contributed by atoms with Gasteiger partial charge in [-0.25, -0.2) is 4.98 Å². The van der Waals surface area contributed by atoms with Crippen LogP contribution in [0.2, 0.25) is 0 Å². The fraction of sp³-hybridized carbons (Fsp3) is 0.636. The summed E-state index contributed by atoms with van der Waals surface area (Å²) in [6.07, 6.45) is 2.03. The van der Waals surface area contributed by atoms with Crippen molar-refractivity contribution >= 4 is 17.5 Å². The van der Waals surface area contributed by atoms with Gasteiger partial charge in [-0.15, -0.1) is 0 Å². The molecule has 0 saturated carbocycles. The smallest absolute Gasteiger partial charge is 0.329 e. The Morgan fingerprint density at radius 1 is 1.60 bits per heavy atom. The number of nitro groups is 1. The number of likely N-dealkylation sites (N-methyl/N-ethyl adjacent to an activating group) is 1. The number of hydrogen-bond acceptors (Lipinski definition) is 8. The molecule has 1 aromatic heterocycles. The topological polar surface area (TPSA) is 128 Å². The van der Waals surface area contributed by atoms with E-state index < -0.39 is 10.5 Å². The molecule has 20 heavy (non-hydrogen) atoms. The molecule has 9 nitrogen and oxygen atoms in total. The van der Waals surface area contributed by atoms with E-state index in [1.165, 1.54) is 4.90 Å². The summed E-state index contributed by atoms with van der Waals surface area (Å²) in [7, 11) is 1.63. The normalized spacial score (nSPS) is 17.7. The van der Waals surface area contributed by atoms with Gasteiger partial charge in [-0.1, -0.05) is 0 Å². The van der Waals surface area contributed by atoms with Crippen molar-refractivity contribution in [3.63, 3.8) is 0 Å². The number of aromatic nitrogens is 2. The second kappa shape index (κ2) is 5.55. The van der Waals surface area contributed by atoms with Gasteiger partial charge in [-0.3, -0.25) is 10.1 Å². The van der Waals surface area contributed by atoms with Crippen molar-refractivity contribution in [3.8, 4) is 0 Å². The first-order valence-corrected chi connectivity index (χ1v) is 6.19. The summed E-state index contributed by atoms with van der Waals surface area (Å²) in [6.45, 7) is 1.16. The lowest BCUT2D eigenvalue weighted by molar-refractivity contribution is -0.384. The Labute approximate surface area is 115 Å². The largest absolute Gasteiger partial charge is 0.388 e. The van der Waals surface area contributed by atoms with Crippen molar-refractivity contribution in [2.24, 2.45) is 0 Å². The van der Waals surface area contributed by atoms with Crippen LogP contribution in [0.25, 0.3) is 0 Å². The van der Waals surface area contributed by atoms with Crippen molar-refractivity contribution < 1.29 is 14.8 Å². The van der Waals surface area contributed by atoms with Crippen LogP contribution in [0.1, 0.15) is 12.8 Å². The third kappa shape index (κ3) is 3.11. The van der Waals surface area contributed by atoms with Gasteiger partial charge in [0, 0.05) is 39.6 Å². The van der Waals surface area contributed by atoms with Gasteiger partial charge in [0.15, 0.2) is 0 Å². The van der Waals surface area contributed by atoms with Gasteiger partial charge in [0.25, 0.3) is 0 Å². The first-order chi connectivity index (χ1) is 9.41. The van der Waals surface area contributed by atoms with E-state index in [1.54, 1.807) is 7.05 Å². The van der Waals surface area contributed by atoms with Gasteiger partial charge < -0.3 is 20.5 Å². The molecule has 0 aromatic carbocycles. The van der Waals surface area contributed by atoms with E-state index in [0.29, 0.717) is 26.1 Å². The molecule has 2 heterocycles. The van der Waals surface area contributed by atoms with Gasteiger partial charge in [-0.2, -0.15) is 4.98 Å². The zero-order valence-corrected chi connectivity index (χ0v) is 11.2. The molecule has 2 rings (SSSR count). The van der Waals surface area contributed by atoms with Crippen molar-refractivity contribution in [1.82, 2.24) is 9.97 Å². The molecule has 0 bridgehead atoms. The molecule has 1 aliphatic heterocycles. The monoisotopic (exact) mass is 283 g/mol.